The maximum absolute atomic E-state index is 12.5. The predicted molar refractivity (Wildman–Crippen MR) is 85.9 cm³/mol. The van der Waals surface area contributed by atoms with Crippen LogP contribution in [0.5, 0.6) is 17.2 Å². The molecule has 0 aromatic heterocycles. The van der Waals surface area contributed by atoms with Crippen LogP contribution >= 0.6 is 0 Å². The molecular formula is C18H18O4. The van der Waals surface area contributed by atoms with E-state index in [1.54, 1.807) is 25.3 Å². The molecule has 0 heterocycles. The third kappa shape index (κ3) is 3.47. The minimum absolute atomic E-state index is 0.194. The van der Waals surface area contributed by atoms with E-state index in [9.17, 15) is 4.79 Å². The van der Waals surface area contributed by atoms with E-state index >= 15 is 0 Å². The third-order valence-corrected chi connectivity index (χ3v) is 3.19. The van der Waals surface area contributed by atoms with Crippen LogP contribution in [0, 0.1) is 0 Å². The summed E-state index contributed by atoms with van der Waals surface area (Å²) in [4.78, 5) is 12.5. The molecule has 0 atom stereocenters. The van der Waals surface area contributed by atoms with Gasteiger partial charge in [0.05, 0.1) is 21.3 Å². The molecule has 0 saturated carbocycles. The summed E-state index contributed by atoms with van der Waals surface area (Å²) in [5, 5.41) is 0. The smallest absolute Gasteiger partial charge is 0.193 e. The molecular weight excluding hydrogens is 280 g/mol. The second-order valence-corrected chi connectivity index (χ2v) is 4.52. The van der Waals surface area contributed by atoms with Crippen LogP contribution in [0.4, 0.5) is 0 Å². The Balaban J connectivity index is 2.38. The summed E-state index contributed by atoms with van der Waals surface area (Å²) in [7, 11) is 4.56. The number of ketones is 1. The zero-order valence-electron chi connectivity index (χ0n) is 12.8. The van der Waals surface area contributed by atoms with Gasteiger partial charge in [-0.2, -0.15) is 0 Å². The van der Waals surface area contributed by atoms with Crippen molar-refractivity contribution < 1.29 is 19.0 Å². The zero-order chi connectivity index (χ0) is 15.9. The molecule has 0 N–H and O–H groups in total. The van der Waals surface area contributed by atoms with Crippen molar-refractivity contribution in [2.75, 3.05) is 21.3 Å². The molecule has 22 heavy (non-hydrogen) atoms. The average molecular weight is 298 g/mol. The van der Waals surface area contributed by atoms with Gasteiger partial charge in [0.25, 0.3) is 0 Å². The summed E-state index contributed by atoms with van der Waals surface area (Å²) >= 11 is 0. The first-order valence-corrected chi connectivity index (χ1v) is 6.77. The van der Waals surface area contributed by atoms with Crippen LogP contribution in [-0.2, 0) is 0 Å². The van der Waals surface area contributed by atoms with Crippen LogP contribution in [0.25, 0.3) is 6.08 Å². The molecule has 0 aliphatic heterocycles. The molecule has 0 radical (unpaired) electrons. The SMILES string of the molecule is COc1cc(OC)c(C(=O)C=Cc2ccccc2)c(OC)c1. The Labute approximate surface area is 129 Å². The summed E-state index contributed by atoms with van der Waals surface area (Å²) < 4.78 is 15.8. The van der Waals surface area contributed by atoms with Crippen molar-refractivity contribution in [2.45, 2.75) is 0 Å². The molecule has 0 aliphatic rings. The van der Waals surface area contributed by atoms with Gasteiger partial charge in [0.15, 0.2) is 5.78 Å². The fraction of sp³-hybridized carbons (Fsp3) is 0.167. The summed E-state index contributed by atoms with van der Waals surface area (Å²) in [5.74, 6) is 1.20. The minimum Gasteiger partial charge on any atom is -0.496 e. The summed E-state index contributed by atoms with van der Waals surface area (Å²) in [5.41, 5.74) is 1.32. The van der Waals surface area contributed by atoms with Gasteiger partial charge in [-0.05, 0) is 11.6 Å². The van der Waals surface area contributed by atoms with Gasteiger partial charge in [0.2, 0.25) is 0 Å². The molecule has 114 valence electrons. The molecule has 0 aliphatic carbocycles. The van der Waals surface area contributed by atoms with Crippen LogP contribution in [-0.4, -0.2) is 27.1 Å². The number of carbonyl (C=O) groups excluding carboxylic acids is 1. The lowest BCUT2D eigenvalue weighted by Crippen LogP contribution is -2.03. The molecule has 2 rings (SSSR count). The average Bonchev–Trinajstić information content (AvgIpc) is 2.59. The molecule has 0 unspecified atom stereocenters. The Morgan fingerprint density at radius 2 is 1.50 bits per heavy atom. The number of rotatable bonds is 6. The first-order chi connectivity index (χ1) is 10.7. The molecule has 0 amide bonds. The third-order valence-electron chi connectivity index (χ3n) is 3.19. The second kappa shape index (κ2) is 7.31. The second-order valence-electron chi connectivity index (χ2n) is 4.52. The topological polar surface area (TPSA) is 44.8 Å². The van der Waals surface area contributed by atoms with Gasteiger partial charge in [0, 0.05) is 12.1 Å². The molecule has 0 fully saturated rings. The van der Waals surface area contributed by atoms with Crippen molar-refractivity contribution in [2.24, 2.45) is 0 Å². The summed E-state index contributed by atoms with van der Waals surface area (Å²) in [6, 6.07) is 12.9. The zero-order valence-corrected chi connectivity index (χ0v) is 12.8. The van der Waals surface area contributed by atoms with E-state index in [-0.39, 0.29) is 5.78 Å². The maximum atomic E-state index is 12.5. The highest BCUT2D eigenvalue weighted by molar-refractivity contribution is 6.10. The molecule has 2 aromatic carbocycles. The number of ether oxygens (including phenoxy) is 3. The predicted octanol–water partition coefficient (Wildman–Crippen LogP) is 3.61. The standard InChI is InChI=1S/C18H18O4/c1-20-14-11-16(21-2)18(17(12-14)22-3)15(19)10-9-13-7-5-4-6-8-13/h4-12H,1-3H3. The lowest BCUT2D eigenvalue weighted by molar-refractivity contribution is 0.104. The van der Waals surface area contributed by atoms with Crippen molar-refractivity contribution in [3.63, 3.8) is 0 Å². The molecule has 0 saturated heterocycles. The van der Waals surface area contributed by atoms with Crippen molar-refractivity contribution in [3.05, 3.63) is 59.7 Å². The van der Waals surface area contributed by atoms with Crippen LogP contribution < -0.4 is 14.2 Å². The summed E-state index contributed by atoms with van der Waals surface area (Å²) in [6.07, 6.45) is 3.26. The van der Waals surface area contributed by atoms with Gasteiger partial charge >= 0.3 is 0 Å². The Morgan fingerprint density at radius 3 is 2.00 bits per heavy atom. The number of benzene rings is 2. The van der Waals surface area contributed by atoms with E-state index < -0.39 is 0 Å². The normalized spacial score (nSPS) is 10.5. The lowest BCUT2D eigenvalue weighted by Gasteiger charge is -2.13. The Kier molecular flexibility index (Phi) is 5.20. The molecule has 2 aromatic rings. The maximum Gasteiger partial charge on any atom is 0.193 e. The fourth-order valence-electron chi connectivity index (χ4n) is 2.07. The van der Waals surface area contributed by atoms with Gasteiger partial charge in [-0.1, -0.05) is 36.4 Å². The van der Waals surface area contributed by atoms with Gasteiger partial charge < -0.3 is 14.2 Å². The largest absolute Gasteiger partial charge is 0.496 e. The van der Waals surface area contributed by atoms with E-state index in [0.29, 0.717) is 22.8 Å². The van der Waals surface area contributed by atoms with Crippen LogP contribution in [0.3, 0.4) is 0 Å². The molecule has 4 nitrogen and oxygen atoms in total. The first kappa shape index (κ1) is 15.6. The first-order valence-electron chi connectivity index (χ1n) is 6.77. The Hall–Kier alpha value is -2.75. The van der Waals surface area contributed by atoms with E-state index in [1.165, 1.54) is 20.3 Å². The highest BCUT2D eigenvalue weighted by atomic mass is 16.5. The Morgan fingerprint density at radius 1 is 0.909 bits per heavy atom. The monoisotopic (exact) mass is 298 g/mol. The number of carbonyl (C=O) groups is 1. The van der Waals surface area contributed by atoms with Crippen molar-refractivity contribution in [1.82, 2.24) is 0 Å². The van der Waals surface area contributed by atoms with Crippen molar-refractivity contribution in [1.29, 1.82) is 0 Å². The molecule has 0 bridgehead atoms. The highest BCUT2D eigenvalue weighted by Crippen LogP contribution is 2.34. The van der Waals surface area contributed by atoms with Crippen molar-refractivity contribution in [3.8, 4) is 17.2 Å². The highest BCUT2D eigenvalue weighted by Gasteiger charge is 2.18. The number of hydrogen-bond donors (Lipinski definition) is 0. The number of allylic oxidation sites excluding steroid dienone is 1. The van der Waals surface area contributed by atoms with E-state index in [0.717, 1.165) is 5.56 Å². The van der Waals surface area contributed by atoms with Gasteiger partial charge in [-0.25, -0.2) is 0 Å². The van der Waals surface area contributed by atoms with E-state index in [2.05, 4.69) is 0 Å². The van der Waals surface area contributed by atoms with Crippen LogP contribution in [0.1, 0.15) is 15.9 Å². The van der Waals surface area contributed by atoms with E-state index in [1.807, 2.05) is 30.3 Å². The molecule has 4 heteroatoms. The quantitative estimate of drug-likeness (QED) is 0.603. The number of methoxy groups -OCH3 is 3. The number of hydrogen-bond acceptors (Lipinski definition) is 4. The molecule has 0 spiro atoms. The Bertz CT molecular complexity index is 650. The van der Waals surface area contributed by atoms with Gasteiger partial charge in [0.1, 0.15) is 22.8 Å². The minimum atomic E-state index is -0.194. The van der Waals surface area contributed by atoms with Gasteiger partial charge in [-0.3, -0.25) is 4.79 Å². The van der Waals surface area contributed by atoms with Crippen LogP contribution in [0.2, 0.25) is 0 Å². The van der Waals surface area contributed by atoms with Crippen LogP contribution in [0.15, 0.2) is 48.5 Å². The lowest BCUT2D eigenvalue weighted by atomic mass is 10.1. The summed E-state index contributed by atoms with van der Waals surface area (Å²) in [6.45, 7) is 0. The fourth-order valence-corrected chi connectivity index (χ4v) is 2.07. The van der Waals surface area contributed by atoms with Gasteiger partial charge in [-0.15, -0.1) is 0 Å². The van der Waals surface area contributed by atoms with Crippen molar-refractivity contribution >= 4 is 11.9 Å². The van der Waals surface area contributed by atoms with E-state index in [4.69, 9.17) is 14.2 Å².